The van der Waals surface area contributed by atoms with E-state index in [1.807, 2.05) is 0 Å². The van der Waals surface area contributed by atoms with Crippen LogP contribution in [0.4, 0.5) is 5.13 Å². The van der Waals surface area contributed by atoms with Crippen LogP contribution < -0.4 is 5.32 Å². The third kappa shape index (κ3) is 3.49. The SMILES string of the molecule is CCOC(=O)C1CCc2nc(NC(=O)C(C)Cl)sc2C1. The summed E-state index contributed by atoms with van der Waals surface area (Å²) < 4.78 is 5.06. The van der Waals surface area contributed by atoms with Crippen LogP contribution in [-0.4, -0.2) is 28.8 Å². The van der Waals surface area contributed by atoms with Crippen LogP contribution in [0.3, 0.4) is 0 Å². The number of hydrogen-bond donors (Lipinski definition) is 1. The molecule has 110 valence electrons. The van der Waals surface area contributed by atoms with Gasteiger partial charge in [0.1, 0.15) is 5.38 Å². The van der Waals surface area contributed by atoms with Crippen molar-refractivity contribution in [3.63, 3.8) is 0 Å². The van der Waals surface area contributed by atoms with E-state index in [0.29, 0.717) is 18.2 Å². The van der Waals surface area contributed by atoms with Crippen LogP contribution in [0, 0.1) is 5.92 Å². The van der Waals surface area contributed by atoms with Crippen molar-refractivity contribution in [2.75, 3.05) is 11.9 Å². The van der Waals surface area contributed by atoms with Gasteiger partial charge in [0, 0.05) is 4.88 Å². The van der Waals surface area contributed by atoms with Gasteiger partial charge in [0.15, 0.2) is 5.13 Å². The molecular weight excluding hydrogens is 300 g/mol. The van der Waals surface area contributed by atoms with E-state index in [-0.39, 0.29) is 17.8 Å². The first-order chi connectivity index (χ1) is 9.51. The van der Waals surface area contributed by atoms with Gasteiger partial charge in [-0.25, -0.2) is 4.98 Å². The van der Waals surface area contributed by atoms with E-state index in [4.69, 9.17) is 16.3 Å². The Balaban J connectivity index is 2.04. The number of aromatic nitrogens is 1. The van der Waals surface area contributed by atoms with Gasteiger partial charge in [-0.1, -0.05) is 0 Å². The molecule has 0 aromatic carbocycles. The molecular formula is C13H17ClN2O3S. The van der Waals surface area contributed by atoms with E-state index in [9.17, 15) is 9.59 Å². The third-order valence-electron chi connectivity index (χ3n) is 3.15. The Kier molecular flexibility index (Phi) is 4.99. The molecule has 1 amide bonds. The Morgan fingerprint density at radius 2 is 2.35 bits per heavy atom. The van der Waals surface area contributed by atoms with Crippen LogP contribution in [-0.2, 0) is 27.2 Å². The Bertz CT molecular complexity index is 516. The average molecular weight is 317 g/mol. The second kappa shape index (κ2) is 6.54. The number of carbonyl (C=O) groups excluding carboxylic acids is 2. The number of aryl methyl sites for hydroxylation is 1. The summed E-state index contributed by atoms with van der Waals surface area (Å²) in [5, 5.41) is 2.65. The van der Waals surface area contributed by atoms with Crippen LogP contribution in [0.2, 0.25) is 0 Å². The van der Waals surface area contributed by atoms with E-state index in [0.717, 1.165) is 23.4 Å². The van der Waals surface area contributed by atoms with Crippen molar-refractivity contribution in [2.24, 2.45) is 5.92 Å². The summed E-state index contributed by atoms with van der Waals surface area (Å²) in [6, 6.07) is 0. The lowest BCUT2D eigenvalue weighted by Gasteiger charge is -2.18. The van der Waals surface area contributed by atoms with Gasteiger partial charge in [-0.05, 0) is 33.1 Å². The maximum Gasteiger partial charge on any atom is 0.309 e. The van der Waals surface area contributed by atoms with Crippen molar-refractivity contribution in [2.45, 2.75) is 38.5 Å². The molecule has 1 aromatic rings. The third-order valence-corrected chi connectivity index (χ3v) is 4.38. The molecule has 1 heterocycles. The maximum absolute atomic E-state index is 11.8. The summed E-state index contributed by atoms with van der Waals surface area (Å²) in [6.07, 6.45) is 2.12. The fourth-order valence-electron chi connectivity index (χ4n) is 2.09. The molecule has 0 saturated carbocycles. The molecule has 5 nitrogen and oxygen atoms in total. The van der Waals surface area contributed by atoms with Crippen molar-refractivity contribution in [1.82, 2.24) is 4.98 Å². The minimum absolute atomic E-state index is 0.0987. The van der Waals surface area contributed by atoms with Crippen molar-refractivity contribution < 1.29 is 14.3 Å². The molecule has 2 atom stereocenters. The highest BCUT2D eigenvalue weighted by Gasteiger charge is 2.28. The van der Waals surface area contributed by atoms with E-state index >= 15 is 0 Å². The number of halogens is 1. The minimum atomic E-state index is -0.594. The summed E-state index contributed by atoms with van der Waals surface area (Å²) in [6.45, 7) is 3.82. The van der Waals surface area contributed by atoms with E-state index in [1.54, 1.807) is 13.8 Å². The molecule has 0 radical (unpaired) electrons. The number of ether oxygens (including phenoxy) is 1. The lowest BCUT2D eigenvalue weighted by Crippen LogP contribution is -2.24. The van der Waals surface area contributed by atoms with Crippen molar-refractivity contribution in [3.05, 3.63) is 10.6 Å². The zero-order chi connectivity index (χ0) is 14.7. The van der Waals surface area contributed by atoms with Gasteiger partial charge in [-0.15, -0.1) is 22.9 Å². The molecule has 1 aliphatic carbocycles. The largest absolute Gasteiger partial charge is 0.466 e. The van der Waals surface area contributed by atoms with Gasteiger partial charge in [-0.2, -0.15) is 0 Å². The van der Waals surface area contributed by atoms with Crippen molar-refractivity contribution in [1.29, 1.82) is 0 Å². The van der Waals surface area contributed by atoms with Gasteiger partial charge < -0.3 is 10.1 Å². The average Bonchev–Trinajstić information content (AvgIpc) is 2.79. The van der Waals surface area contributed by atoms with Crippen LogP contribution in [0.15, 0.2) is 0 Å². The van der Waals surface area contributed by atoms with Crippen LogP contribution in [0.25, 0.3) is 0 Å². The molecule has 1 aliphatic rings. The molecule has 0 spiro atoms. The standard InChI is InChI=1S/C13H17ClN2O3S/c1-3-19-12(18)8-4-5-9-10(6-8)20-13(15-9)16-11(17)7(2)14/h7-8H,3-6H2,1-2H3,(H,15,16,17). The summed E-state index contributed by atoms with van der Waals surface area (Å²) in [5.41, 5.74) is 0.966. The topological polar surface area (TPSA) is 68.3 Å². The van der Waals surface area contributed by atoms with E-state index in [2.05, 4.69) is 10.3 Å². The zero-order valence-corrected chi connectivity index (χ0v) is 13.0. The van der Waals surface area contributed by atoms with Gasteiger partial charge in [0.2, 0.25) is 5.91 Å². The van der Waals surface area contributed by atoms with Gasteiger partial charge in [-0.3, -0.25) is 9.59 Å². The summed E-state index contributed by atoms with van der Waals surface area (Å²) in [5.74, 6) is -0.510. The van der Waals surface area contributed by atoms with E-state index in [1.165, 1.54) is 11.3 Å². The molecule has 0 aliphatic heterocycles. The Labute approximate surface area is 126 Å². The quantitative estimate of drug-likeness (QED) is 0.684. The number of hydrogen-bond acceptors (Lipinski definition) is 5. The fourth-order valence-corrected chi connectivity index (χ4v) is 3.24. The normalized spacial score (nSPS) is 19.1. The number of alkyl halides is 1. The number of nitrogens with one attached hydrogen (secondary N) is 1. The van der Waals surface area contributed by atoms with Crippen LogP contribution in [0.5, 0.6) is 0 Å². The number of rotatable bonds is 4. The van der Waals surface area contributed by atoms with E-state index < -0.39 is 5.38 Å². The first-order valence-electron chi connectivity index (χ1n) is 6.61. The highest BCUT2D eigenvalue weighted by atomic mass is 35.5. The highest BCUT2D eigenvalue weighted by molar-refractivity contribution is 7.15. The molecule has 0 bridgehead atoms. The number of fused-ring (bicyclic) bond motifs is 1. The second-order valence-electron chi connectivity index (χ2n) is 4.69. The number of esters is 1. The van der Waals surface area contributed by atoms with Gasteiger partial charge in [0.05, 0.1) is 18.2 Å². The number of anilines is 1. The zero-order valence-electron chi connectivity index (χ0n) is 11.4. The number of nitrogens with zero attached hydrogens (tertiary/aromatic N) is 1. The highest BCUT2D eigenvalue weighted by Crippen LogP contribution is 2.33. The number of carbonyl (C=O) groups is 2. The predicted octanol–water partition coefficient (Wildman–Crippen LogP) is 2.38. The van der Waals surface area contributed by atoms with Gasteiger partial charge >= 0.3 is 5.97 Å². The fraction of sp³-hybridized carbons (Fsp3) is 0.615. The lowest BCUT2D eigenvalue weighted by molar-refractivity contribution is -0.148. The molecule has 0 saturated heterocycles. The Hall–Kier alpha value is -1.14. The lowest BCUT2D eigenvalue weighted by atomic mass is 9.91. The number of amides is 1. The second-order valence-corrected chi connectivity index (χ2v) is 6.42. The monoisotopic (exact) mass is 316 g/mol. The van der Waals surface area contributed by atoms with Crippen molar-refractivity contribution >= 4 is 39.9 Å². The molecule has 20 heavy (non-hydrogen) atoms. The molecule has 1 N–H and O–H groups in total. The molecule has 2 rings (SSSR count). The van der Waals surface area contributed by atoms with Crippen LogP contribution in [0.1, 0.15) is 30.8 Å². The number of thiazole rings is 1. The molecule has 7 heteroatoms. The van der Waals surface area contributed by atoms with Crippen LogP contribution >= 0.6 is 22.9 Å². The van der Waals surface area contributed by atoms with Crippen molar-refractivity contribution in [3.8, 4) is 0 Å². The first kappa shape index (κ1) is 15.3. The molecule has 2 unspecified atom stereocenters. The summed E-state index contributed by atoms with van der Waals surface area (Å²) in [7, 11) is 0. The predicted molar refractivity (Wildman–Crippen MR) is 78.2 cm³/mol. The smallest absolute Gasteiger partial charge is 0.309 e. The molecule has 1 aromatic heterocycles. The summed E-state index contributed by atoms with van der Waals surface area (Å²) in [4.78, 5) is 28.7. The molecule has 0 fully saturated rings. The summed E-state index contributed by atoms with van der Waals surface area (Å²) >= 11 is 7.12. The van der Waals surface area contributed by atoms with Gasteiger partial charge in [0.25, 0.3) is 0 Å². The first-order valence-corrected chi connectivity index (χ1v) is 7.86. The maximum atomic E-state index is 11.8. The Morgan fingerprint density at radius 3 is 3.00 bits per heavy atom. The Morgan fingerprint density at radius 1 is 1.60 bits per heavy atom. The minimum Gasteiger partial charge on any atom is -0.466 e.